The number of nitrogens with one attached hydrogen (secondary N) is 1. The normalized spacial score (nSPS) is 11.3. The second kappa shape index (κ2) is 5.77. The standard InChI is InChI=1S/C12H17NO4/c1-12(7-15,8-16)13-11(17)10-4-2-9(6-14)3-5-10/h2-5,14-16H,6-8H2,1H3,(H,13,17). The Balaban J connectivity index is 2.75. The van der Waals surface area contributed by atoms with Crippen LogP contribution in [0.5, 0.6) is 0 Å². The van der Waals surface area contributed by atoms with Gasteiger partial charge in [0.05, 0.1) is 25.4 Å². The van der Waals surface area contributed by atoms with Gasteiger partial charge in [0, 0.05) is 5.56 Å². The summed E-state index contributed by atoms with van der Waals surface area (Å²) in [7, 11) is 0. The maximum Gasteiger partial charge on any atom is 0.251 e. The van der Waals surface area contributed by atoms with Crippen molar-refractivity contribution in [3.8, 4) is 0 Å². The predicted octanol–water partition coefficient (Wildman–Crippen LogP) is -0.348. The van der Waals surface area contributed by atoms with Crippen LogP contribution in [0.1, 0.15) is 22.8 Å². The molecule has 4 N–H and O–H groups in total. The summed E-state index contributed by atoms with van der Waals surface area (Å²) in [6, 6.07) is 6.44. The number of benzene rings is 1. The molecule has 0 aromatic heterocycles. The zero-order valence-corrected chi connectivity index (χ0v) is 9.68. The molecule has 0 bridgehead atoms. The summed E-state index contributed by atoms with van der Waals surface area (Å²) in [6.07, 6.45) is 0. The molecule has 1 rings (SSSR count). The minimum atomic E-state index is -1.03. The van der Waals surface area contributed by atoms with Crippen LogP contribution in [0.4, 0.5) is 0 Å². The average molecular weight is 239 g/mol. The first-order chi connectivity index (χ1) is 8.04. The van der Waals surface area contributed by atoms with Crippen LogP contribution in [0, 0.1) is 0 Å². The fourth-order valence-electron chi connectivity index (χ4n) is 1.24. The Morgan fingerprint density at radius 1 is 1.18 bits per heavy atom. The number of carbonyl (C=O) groups excluding carboxylic acids is 1. The summed E-state index contributed by atoms with van der Waals surface area (Å²) >= 11 is 0. The van der Waals surface area contributed by atoms with E-state index in [1.165, 1.54) is 0 Å². The molecule has 0 fully saturated rings. The highest BCUT2D eigenvalue weighted by Gasteiger charge is 2.24. The van der Waals surface area contributed by atoms with Crippen molar-refractivity contribution in [3.05, 3.63) is 35.4 Å². The maximum atomic E-state index is 11.8. The molecule has 17 heavy (non-hydrogen) atoms. The van der Waals surface area contributed by atoms with Crippen LogP contribution < -0.4 is 5.32 Å². The van der Waals surface area contributed by atoms with E-state index in [9.17, 15) is 4.79 Å². The molecule has 0 aliphatic carbocycles. The maximum absolute atomic E-state index is 11.8. The third-order valence-electron chi connectivity index (χ3n) is 2.51. The van der Waals surface area contributed by atoms with Gasteiger partial charge in [-0.05, 0) is 24.6 Å². The van der Waals surface area contributed by atoms with Crippen molar-refractivity contribution >= 4 is 5.91 Å². The van der Waals surface area contributed by atoms with E-state index < -0.39 is 5.54 Å². The van der Waals surface area contributed by atoms with Crippen LogP contribution in [0.15, 0.2) is 24.3 Å². The molecule has 5 nitrogen and oxygen atoms in total. The van der Waals surface area contributed by atoms with Crippen LogP contribution in [0.3, 0.4) is 0 Å². The fraction of sp³-hybridized carbons (Fsp3) is 0.417. The first kappa shape index (κ1) is 13.6. The van der Waals surface area contributed by atoms with E-state index in [4.69, 9.17) is 15.3 Å². The van der Waals surface area contributed by atoms with Gasteiger partial charge in [0.2, 0.25) is 0 Å². The number of hydrogen-bond donors (Lipinski definition) is 4. The molecule has 0 aliphatic rings. The Kier molecular flexibility index (Phi) is 4.62. The molecule has 0 saturated carbocycles. The van der Waals surface area contributed by atoms with Crippen molar-refractivity contribution in [2.45, 2.75) is 19.1 Å². The summed E-state index contributed by atoms with van der Waals surface area (Å²) in [4.78, 5) is 11.8. The molecule has 0 spiro atoms. The molecule has 1 aromatic rings. The van der Waals surface area contributed by atoms with Gasteiger partial charge in [-0.1, -0.05) is 12.1 Å². The second-order valence-electron chi connectivity index (χ2n) is 4.19. The van der Waals surface area contributed by atoms with Gasteiger partial charge >= 0.3 is 0 Å². The van der Waals surface area contributed by atoms with Crippen LogP contribution in [-0.2, 0) is 6.61 Å². The molecule has 0 atom stereocenters. The summed E-state index contributed by atoms with van der Waals surface area (Å²) in [6.45, 7) is 0.786. The lowest BCUT2D eigenvalue weighted by molar-refractivity contribution is 0.0724. The quantitative estimate of drug-likeness (QED) is 0.565. The highest BCUT2D eigenvalue weighted by atomic mass is 16.3. The van der Waals surface area contributed by atoms with Crippen LogP contribution in [-0.4, -0.2) is 40.0 Å². The number of aliphatic hydroxyl groups excluding tert-OH is 3. The van der Waals surface area contributed by atoms with Gasteiger partial charge < -0.3 is 20.6 Å². The van der Waals surface area contributed by atoms with Crippen LogP contribution in [0.2, 0.25) is 0 Å². The number of carbonyl (C=O) groups is 1. The van der Waals surface area contributed by atoms with Gasteiger partial charge in [0.15, 0.2) is 0 Å². The predicted molar refractivity (Wildman–Crippen MR) is 62.4 cm³/mol. The van der Waals surface area contributed by atoms with Gasteiger partial charge in [-0.2, -0.15) is 0 Å². The molecule has 0 unspecified atom stereocenters. The fourth-order valence-corrected chi connectivity index (χ4v) is 1.24. The Labute approximate surface area is 99.7 Å². The number of aliphatic hydroxyl groups is 3. The molecule has 5 heteroatoms. The van der Waals surface area contributed by atoms with E-state index in [0.717, 1.165) is 0 Å². The Morgan fingerprint density at radius 2 is 1.71 bits per heavy atom. The van der Waals surface area contributed by atoms with Crippen molar-refractivity contribution in [3.63, 3.8) is 0 Å². The lowest BCUT2D eigenvalue weighted by Gasteiger charge is -2.26. The average Bonchev–Trinajstić information content (AvgIpc) is 2.38. The van der Waals surface area contributed by atoms with E-state index in [2.05, 4.69) is 5.32 Å². The molecule has 0 saturated heterocycles. The molecule has 0 radical (unpaired) electrons. The monoisotopic (exact) mass is 239 g/mol. The van der Waals surface area contributed by atoms with Crippen molar-refractivity contribution < 1.29 is 20.1 Å². The molecular formula is C12H17NO4. The molecule has 0 heterocycles. The van der Waals surface area contributed by atoms with Crippen molar-refractivity contribution in [1.82, 2.24) is 5.32 Å². The zero-order valence-electron chi connectivity index (χ0n) is 9.68. The highest BCUT2D eigenvalue weighted by molar-refractivity contribution is 5.94. The molecule has 1 aromatic carbocycles. The highest BCUT2D eigenvalue weighted by Crippen LogP contribution is 2.07. The third kappa shape index (κ3) is 3.52. The second-order valence-corrected chi connectivity index (χ2v) is 4.19. The lowest BCUT2D eigenvalue weighted by atomic mass is 10.0. The summed E-state index contributed by atoms with van der Waals surface area (Å²) < 4.78 is 0. The lowest BCUT2D eigenvalue weighted by Crippen LogP contribution is -2.51. The summed E-state index contributed by atoms with van der Waals surface area (Å²) in [5.41, 5.74) is 0.0937. The van der Waals surface area contributed by atoms with Crippen LogP contribution >= 0.6 is 0 Å². The Bertz CT molecular complexity index is 371. The van der Waals surface area contributed by atoms with Crippen molar-refractivity contribution in [2.75, 3.05) is 13.2 Å². The Hall–Kier alpha value is -1.43. The van der Waals surface area contributed by atoms with E-state index in [1.807, 2.05) is 0 Å². The zero-order chi connectivity index (χ0) is 12.9. The smallest absolute Gasteiger partial charge is 0.251 e. The Morgan fingerprint density at radius 3 is 2.12 bits per heavy atom. The van der Waals surface area contributed by atoms with E-state index in [0.29, 0.717) is 11.1 Å². The SMILES string of the molecule is CC(CO)(CO)NC(=O)c1ccc(CO)cc1. The van der Waals surface area contributed by atoms with E-state index >= 15 is 0 Å². The van der Waals surface area contributed by atoms with Gasteiger partial charge in [0.1, 0.15) is 0 Å². The number of rotatable bonds is 5. The van der Waals surface area contributed by atoms with Gasteiger partial charge in [-0.25, -0.2) is 0 Å². The van der Waals surface area contributed by atoms with Crippen LogP contribution in [0.25, 0.3) is 0 Å². The van der Waals surface area contributed by atoms with Gasteiger partial charge in [0.25, 0.3) is 5.91 Å². The topological polar surface area (TPSA) is 89.8 Å². The van der Waals surface area contributed by atoms with E-state index in [1.54, 1.807) is 31.2 Å². The largest absolute Gasteiger partial charge is 0.394 e. The van der Waals surface area contributed by atoms with Gasteiger partial charge in [-0.15, -0.1) is 0 Å². The first-order valence-electron chi connectivity index (χ1n) is 5.28. The number of amides is 1. The molecular weight excluding hydrogens is 222 g/mol. The van der Waals surface area contributed by atoms with Crippen molar-refractivity contribution in [1.29, 1.82) is 0 Å². The summed E-state index contributed by atoms with van der Waals surface area (Å²) in [5, 5.41) is 29.5. The third-order valence-corrected chi connectivity index (χ3v) is 2.51. The van der Waals surface area contributed by atoms with E-state index in [-0.39, 0.29) is 25.7 Å². The van der Waals surface area contributed by atoms with Crippen molar-refractivity contribution in [2.24, 2.45) is 0 Å². The van der Waals surface area contributed by atoms with Gasteiger partial charge in [-0.3, -0.25) is 4.79 Å². The molecule has 94 valence electrons. The first-order valence-corrected chi connectivity index (χ1v) is 5.28. The molecule has 0 aliphatic heterocycles. The summed E-state index contributed by atoms with van der Waals surface area (Å²) in [5.74, 6) is -0.375. The minimum Gasteiger partial charge on any atom is -0.394 e. The minimum absolute atomic E-state index is 0.0765. The molecule has 1 amide bonds. The number of hydrogen-bond acceptors (Lipinski definition) is 4.